The van der Waals surface area contributed by atoms with Crippen molar-refractivity contribution in [2.45, 2.75) is 13.5 Å². The Morgan fingerprint density at radius 1 is 1.64 bits per heavy atom. The zero-order valence-corrected chi connectivity index (χ0v) is 6.28. The highest BCUT2D eigenvalue weighted by Gasteiger charge is 1.98. The lowest BCUT2D eigenvalue weighted by atomic mass is 10.4. The summed E-state index contributed by atoms with van der Waals surface area (Å²) in [5.41, 5.74) is 2.01. The number of hydrogen-bond acceptors (Lipinski definition) is 2. The van der Waals surface area contributed by atoms with Crippen LogP contribution in [0.15, 0.2) is 18.5 Å². The van der Waals surface area contributed by atoms with E-state index in [4.69, 9.17) is 0 Å². The Morgan fingerprint density at radius 3 is 3.36 bits per heavy atom. The maximum atomic E-state index is 4.09. The fourth-order valence-corrected chi connectivity index (χ4v) is 1.09. The van der Waals surface area contributed by atoms with E-state index in [1.807, 2.05) is 16.8 Å². The van der Waals surface area contributed by atoms with Gasteiger partial charge >= 0.3 is 0 Å². The van der Waals surface area contributed by atoms with Crippen LogP contribution < -0.4 is 0 Å². The van der Waals surface area contributed by atoms with Gasteiger partial charge in [-0.25, -0.2) is 4.98 Å². The van der Waals surface area contributed by atoms with Crippen molar-refractivity contribution in [2.75, 3.05) is 0 Å². The van der Waals surface area contributed by atoms with Crippen molar-refractivity contribution in [3.05, 3.63) is 24.8 Å². The van der Waals surface area contributed by atoms with Crippen LogP contribution in [0, 0.1) is 6.33 Å². The van der Waals surface area contributed by atoms with Gasteiger partial charge in [-0.15, -0.1) is 0 Å². The van der Waals surface area contributed by atoms with Crippen molar-refractivity contribution in [1.82, 2.24) is 14.5 Å². The highest BCUT2D eigenvalue weighted by Crippen LogP contribution is 2.08. The molecule has 0 unspecified atom stereocenters. The van der Waals surface area contributed by atoms with Gasteiger partial charge in [-0.1, -0.05) is 0 Å². The van der Waals surface area contributed by atoms with Crippen LogP contribution in [0.3, 0.4) is 0 Å². The molecule has 11 heavy (non-hydrogen) atoms. The van der Waals surface area contributed by atoms with Crippen LogP contribution in [-0.4, -0.2) is 14.5 Å². The summed E-state index contributed by atoms with van der Waals surface area (Å²) in [7, 11) is 0. The lowest BCUT2D eigenvalue weighted by Gasteiger charge is -1.94. The van der Waals surface area contributed by atoms with Crippen LogP contribution in [0.4, 0.5) is 0 Å². The van der Waals surface area contributed by atoms with Crippen molar-refractivity contribution >= 4 is 11.0 Å². The molecule has 3 heteroatoms. The molecule has 55 valence electrons. The Bertz CT molecular complexity index is 364. The molecule has 0 aromatic carbocycles. The first-order chi connectivity index (χ1) is 5.42. The summed E-state index contributed by atoms with van der Waals surface area (Å²) >= 11 is 0. The van der Waals surface area contributed by atoms with Gasteiger partial charge in [-0.05, 0) is 13.0 Å². The van der Waals surface area contributed by atoms with E-state index < -0.39 is 0 Å². The number of hydrogen-bond donors (Lipinski definition) is 0. The van der Waals surface area contributed by atoms with Gasteiger partial charge in [0.2, 0.25) is 0 Å². The lowest BCUT2D eigenvalue weighted by Crippen LogP contribution is -1.90. The van der Waals surface area contributed by atoms with E-state index in [0.717, 1.165) is 17.6 Å². The summed E-state index contributed by atoms with van der Waals surface area (Å²) in [6.07, 6.45) is 6.44. The molecule has 0 aliphatic carbocycles. The number of aryl methyl sites for hydroxylation is 1. The summed E-state index contributed by atoms with van der Waals surface area (Å²) in [4.78, 5) is 8.10. The van der Waals surface area contributed by atoms with E-state index in [2.05, 4.69) is 23.2 Å². The van der Waals surface area contributed by atoms with Gasteiger partial charge in [0, 0.05) is 12.7 Å². The molecule has 2 aromatic rings. The molecule has 0 saturated heterocycles. The van der Waals surface area contributed by atoms with Crippen molar-refractivity contribution in [3.8, 4) is 0 Å². The summed E-state index contributed by atoms with van der Waals surface area (Å²) in [5.74, 6) is 0. The standard InChI is InChI=1S/C8H8N3/c1-2-11-6-10-7-3-4-9-5-8(7)11/h3-5H,2H2,1H3. The largest absolute Gasteiger partial charge is 0.320 e. The molecule has 2 aromatic heterocycles. The Labute approximate surface area is 64.7 Å². The van der Waals surface area contributed by atoms with Crippen LogP contribution in [0.1, 0.15) is 6.92 Å². The molecule has 0 bridgehead atoms. The summed E-state index contributed by atoms with van der Waals surface area (Å²) < 4.78 is 1.95. The Kier molecular flexibility index (Phi) is 1.35. The van der Waals surface area contributed by atoms with E-state index in [1.54, 1.807) is 6.20 Å². The van der Waals surface area contributed by atoms with Gasteiger partial charge in [0.1, 0.15) is 0 Å². The van der Waals surface area contributed by atoms with Gasteiger partial charge in [0.15, 0.2) is 6.33 Å². The SMILES string of the molecule is CCn1[c]nc2ccncc21. The highest BCUT2D eigenvalue weighted by atomic mass is 15.0. The van der Waals surface area contributed by atoms with E-state index in [9.17, 15) is 0 Å². The molecule has 2 heterocycles. The Balaban J connectivity index is 2.76. The van der Waals surface area contributed by atoms with Crippen LogP contribution in [0.2, 0.25) is 0 Å². The van der Waals surface area contributed by atoms with E-state index >= 15 is 0 Å². The molecule has 0 aliphatic rings. The second-order valence-electron chi connectivity index (χ2n) is 2.32. The summed E-state index contributed by atoms with van der Waals surface area (Å²) in [6.45, 7) is 2.95. The molecule has 0 fully saturated rings. The smallest absolute Gasteiger partial charge is 0.177 e. The molecule has 2 rings (SSSR count). The van der Waals surface area contributed by atoms with E-state index in [1.165, 1.54) is 0 Å². The first-order valence-electron chi connectivity index (χ1n) is 3.59. The number of pyridine rings is 1. The molecule has 3 nitrogen and oxygen atoms in total. The minimum Gasteiger partial charge on any atom is -0.320 e. The number of rotatable bonds is 1. The van der Waals surface area contributed by atoms with Crippen LogP contribution in [0.5, 0.6) is 0 Å². The highest BCUT2D eigenvalue weighted by molar-refractivity contribution is 5.73. The first kappa shape index (κ1) is 6.34. The summed E-state index contributed by atoms with van der Waals surface area (Å²) in [5, 5.41) is 0. The Hall–Kier alpha value is -1.38. The fraction of sp³-hybridized carbons (Fsp3) is 0.250. The normalized spacial score (nSPS) is 10.6. The minimum absolute atomic E-state index is 0.891. The Morgan fingerprint density at radius 2 is 2.55 bits per heavy atom. The average Bonchev–Trinajstić information content (AvgIpc) is 2.47. The molecule has 0 aliphatic heterocycles. The average molecular weight is 146 g/mol. The molecule has 1 radical (unpaired) electrons. The van der Waals surface area contributed by atoms with E-state index in [-0.39, 0.29) is 0 Å². The lowest BCUT2D eigenvalue weighted by molar-refractivity contribution is 0.778. The monoisotopic (exact) mass is 146 g/mol. The van der Waals surface area contributed by atoms with Gasteiger partial charge in [-0.3, -0.25) is 4.98 Å². The second-order valence-corrected chi connectivity index (χ2v) is 2.32. The predicted molar refractivity (Wildman–Crippen MR) is 42.0 cm³/mol. The van der Waals surface area contributed by atoms with Crippen molar-refractivity contribution < 1.29 is 0 Å². The molecule has 0 N–H and O–H groups in total. The number of aromatic nitrogens is 3. The number of nitrogens with zero attached hydrogens (tertiary/aromatic N) is 3. The predicted octanol–water partition coefficient (Wildman–Crippen LogP) is 1.25. The van der Waals surface area contributed by atoms with Gasteiger partial charge < -0.3 is 4.57 Å². The van der Waals surface area contributed by atoms with Gasteiger partial charge in [0.25, 0.3) is 0 Å². The first-order valence-corrected chi connectivity index (χ1v) is 3.59. The third kappa shape index (κ3) is 0.888. The second kappa shape index (κ2) is 2.34. The topological polar surface area (TPSA) is 30.7 Å². The maximum absolute atomic E-state index is 4.09. The van der Waals surface area contributed by atoms with Crippen molar-refractivity contribution in [1.29, 1.82) is 0 Å². The third-order valence-corrected chi connectivity index (χ3v) is 1.68. The van der Waals surface area contributed by atoms with Crippen LogP contribution in [0.25, 0.3) is 11.0 Å². The van der Waals surface area contributed by atoms with Gasteiger partial charge in [-0.2, -0.15) is 0 Å². The van der Waals surface area contributed by atoms with Crippen LogP contribution >= 0.6 is 0 Å². The molecule has 0 spiro atoms. The minimum atomic E-state index is 0.891. The number of imidazole rings is 1. The fourth-order valence-electron chi connectivity index (χ4n) is 1.09. The molecule has 0 atom stereocenters. The van der Waals surface area contributed by atoms with Crippen LogP contribution in [-0.2, 0) is 6.54 Å². The maximum Gasteiger partial charge on any atom is 0.177 e. The quantitative estimate of drug-likeness (QED) is 0.606. The number of fused-ring (bicyclic) bond motifs is 1. The molecular formula is C8H8N3. The van der Waals surface area contributed by atoms with Crippen molar-refractivity contribution in [3.63, 3.8) is 0 Å². The molecule has 0 amide bonds. The van der Waals surface area contributed by atoms with E-state index in [0.29, 0.717) is 0 Å². The van der Waals surface area contributed by atoms with Gasteiger partial charge in [0.05, 0.1) is 17.2 Å². The molecular weight excluding hydrogens is 138 g/mol. The molecule has 0 saturated carbocycles. The van der Waals surface area contributed by atoms with Crippen molar-refractivity contribution in [2.24, 2.45) is 0 Å². The summed E-state index contributed by atoms with van der Waals surface area (Å²) in [6, 6.07) is 1.89. The zero-order chi connectivity index (χ0) is 7.68. The zero-order valence-electron chi connectivity index (χ0n) is 6.28. The third-order valence-electron chi connectivity index (χ3n) is 1.68.